The SMILES string of the molecule is [c]1nc(-c2ccccc2)cc2ccccc12. The molecule has 3 rings (SSSR count). The van der Waals surface area contributed by atoms with Crippen molar-refractivity contribution < 1.29 is 0 Å². The average Bonchev–Trinajstić information content (AvgIpc) is 2.39. The molecule has 0 fully saturated rings. The molecular formula is C15H10N. The normalized spacial score (nSPS) is 10.5. The van der Waals surface area contributed by atoms with Gasteiger partial charge in [-0.15, -0.1) is 0 Å². The molecule has 0 N–H and O–H groups in total. The summed E-state index contributed by atoms with van der Waals surface area (Å²) >= 11 is 0. The van der Waals surface area contributed by atoms with Gasteiger partial charge in [-0.3, -0.25) is 0 Å². The summed E-state index contributed by atoms with van der Waals surface area (Å²) in [5.41, 5.74) is 2.10. The average molecular weight is 204 g/mol. The molecule has 1 nitrogen and oxygen atoms in total. The van der Waals surface area contributed by atoms with Gasteiger partial charge in [-0.2, -0.15) is 0 Å². The standard InChI is InChI=1S/C15H10N/c1-2-6-12(7-3-1)15-10-13-8-4-5-9-14(13)11-16-15/h1-10H. The Kier molecular flexibility index (Phi) is 2.15. The van der Waals surface area contributed by atoms with Crippen LogP contribution in [0.1, 0.15) is 0 Å². The highest BCUT2D eigenvalue weighted by Gasteiger charge is 1.99. The Balaban J connectivity index is 2.19. The van der Waals surface area contributed by atoms with Gasteiger partial charge in [0.25, 0.3) is 0 Å². The lowest BCUT2D eigenvalue weighted by Gasteiger charge is -2.01. The molecule has 1 heteroatoms. The van der Waals surface area contributed by atoms with Crippen LogP contribution in [0.2, 0.25) is 0 Å². The first-order chi connectivity index (χ1) is 7.93. The van der Waals surface area contributed by atoms with Gasteiger partial charge in [0.2, 0.25) is 0 Å². The lowest BCUT2D eigenvalue weighted by Crippen LogP contribution is -1.83. The molecule has 1 radical (unpaired) electrons. The van der Waals surface area contributed by atoms with Crippen LogP contribution in [0.5, 0.6) is 0 Å². The number of aromatic nitrogens is 1. The van der Waals surface area contributed by atoms with Crippen molar-refractivity contribution in [3.63, 3.8) is 0 Å². The summed E-state index contributed by atoms with van der Waals surface area (Å²) in [5.74, 6) is 0. The van der Waals surface area contributed by atoms with Crippen molar-refractivity contribution in [2.45, 2.75) is 0 Å². The number of fused-ring (bicyclic) bond motifs is 1. The Hall–Kier alpha value is -2.15. The molecule has 0 aliphatic heterocycles. The number of nitrogens with zero attached hydrogens (tertiary/aromatic N) is 1. The Labute approximate surface area is 94.4 Å². The molecule has 1 aromatic heterocycles. The van der Waals surface area contributed by atoms with E-state index in [2.05, 4.69) is 35.4 Å². The maximum absolute atomic E-state index is 4.35. The number of benzene rings is 2. The Bertz CT molecular complexity index is 614. The summed E-state index contributed by atoms with van der Waals surface area (Å²) in [6, 6.07) is 20.4. The second-order valence-corrected chi connectivity index (χ2v) is 3.71. The van der Waals surface area contributed by atoms with E-state index < -0.39 is 0 Å². The molecule has 0 saturated carbocycles. The monoisotopic (exact) mass is 204 g/mol. The molecule has 2 aromatic carbocycles. The fraction of sp³-hybridized carbons (Fsp3) is 0. The molecule has 0 spiro atoms. The molecule has 16 heavy (non-hydrogen) atoms. The van der Waals surface area contributed by atoms with Crippen LogP contribution in [-0.4, -0.2) is 4.98 Å². The van der Waals surface area contributed by atoms with Gasteiger partial charge in [0.15, 0.2) is 0 Å². The van der Waals surface area contributed by atoms with Gasteiger partial charge >= 0.3 is 0 Å². The van der Waals surface area contributed by atoms with E-state index in [9.17, 15) is 0 Å². The maximum atomic E-state index is 4.35. The van der Waals surface area contributed by atoms with Crippen LogP contribution in [0.15, 0.2) is 60.7 Å². The van der Waals surface area contributed by atoms with Crippen molar-refractivity contribution in [3.8, 4) is 11.3 Å². The first kappa shape index (κ1) is 9.10. The summed E-state index contributed by atoms with van der Waals surface area (Å²) in [7, 11) is 0. The van der Waals surface area contributed by atoms with E-state index in [1.807, 2.05) is 36.4 Å². The number of hydrogen-bond acceptors (Lipinski definition) is 1. The van der Waals surface area contributed by atoms with E-state index in [0.717, 1.165) is 16.6 Å². The van der Waals surface area contributed by atoms with Crippen molar-refractivity contribution in [2.75, 3.05) is 0 Å². The Morgan fingerprint density at radius 1 is 0.812 bits per heavy atom. The van der Waals surface area contributed by atoms with Gasteiger partial charge in [0.1, 0.15) is 0 Å². The van der Waals surface area contributed by atoms with Crippen molar-refractivity contribution in [1.29, 1.82) is 0 Å². The highest BCUT2D eigenvalue weighted by Crippen LogP contribution is 2.20. The van der Waals surface area contributed by atoms with Crippen LogP contribution in [0.25, 0.3) is 22.0 Å². The van der Waals surface area contributed by atoms with Crippen LogP contribution in [0.4, 0.5) is 0 Å². The molecular weight excluding hydrogens is 194 g/mol. The lowest BCUT2D eigenvalue weighted by atomic mass is 10.1. The number of rotatable bonds is 1. The number of pyridine rings is 1. The minimum absolute atomic E-state index is 0.972. The third-order valence-electron chi connectivity index (χ3n) is 2.62. The highest BCUT2D eigenvalue weighted by atomic mass is 14.7. The van der Waals surface area contributed by atoms with Crippen LogP contribution >= 0.6 is 0 Å². The maximum Gasteiger partial charge on any atom is 0.0978 e. The first-order valence-electron chi connectivity index (χ1n) is 5.26. The van der Waals surface area contributed by atoms with E-state index >= 15 is 0 Å². The summed E-state index contributed by atoms with van der Waals surface area (Å²) in [5, 5.41) is 2.23. The number of hydrogen-bond donors (Lipinski definition) is 0. The molecule has 0 aliphatic rings. The smallest absolute Gasteiger partial charge is 0.0978 e. The van der Waals surface area contributed by atoms with Crippen molar-refractivity contribution >= 4 is 10.8 Å². The summed E-state index contributed by atoms with van der Waals surface area (Å²) in [4.78, 5) is 4.35. The minimum atomic E-state index is 0.972. The quantitative estimate of drug-likeness (QED) is 0.589. The molecule has 1 heterocycles. The molecule has 0 bridgehead atoms. The minimum Gasteiger partial charge on any atom is -0.245 e. The van der Waals surface area contributed by atoms with Gasteiger partial charge < -0.3 is 0 Å². The zero-order chi connectivity index (χ0) is 10.8. The molecule has 75 valence electrons. The van der Waals surface area contributed by atoms with E-state index in [1.165, 1.54) is 5.39 Å². The molecule has 0 atom stereocenters. The molecule has 0 unspecified atom stereocenters. The molecule has 0 aliphatic carbocycles. The Morgan fingerprint density at radius 2 is 1.56 bits per heavy atom. The molecule has 3 aromatic rings. The Morgan fingerprint density at radius 3 is 2.44 bits per heavy atom. The van der Waals surface area contributed by atoms with Crippen LogP contribution in [-0.2, 0) is 0 Å². The largest absolute Gasteiger partial charge is 0.245 e. The zero-order valence-corrected chi connectivity index (χ0v) is 8.72. The molecule has 0 amide bonds. The van der Waals surface area contributed by atoms with Crippen LogP contribution in [0.3, 0.4) is 0 Å². The van der Waals surface area contributed by atoms with Gasteiger partial charge in [0.05, 0.1) is 11.9 Å². The van der Waals surface area contributed by atoms with Crippen molar-refractivity contribution in [2.24, 2.45) is 0 Å². The fourth-order valence-electron chi connectivity index (χ4n) is 1.78. The predicted molar refractivity (Wildman–Crippen MR) is 66.0 cm³/mol. The second-order valence-electron chi connectivity index (χ2n) is 3.71. The zero-order valence-electron chi connectivity index (χ0n) is 8.72. The van der Waals surface area contributed by atoms with E-state index in [0.29, 0.717) is 0 Å². The molecule has 0 saturated heterocycles. The van der Waals surface area contributed by atoms with E-state index in [1.54, 1.807) is 0 Å². The highest BCUT2D eigenvalue weighted by molar-refractivity contribution is 5.84. The van der Waals surface area contributed by atoms with Crippen molar-refractivity contribution in [3.05, 3.63) is 66.9 Å². The van der Waals surface area contributed by atoms with E-state index in [-0.39, 0.29) is 0 Å². The van der Waals surface area contributed by atoms with E-state index in [4.69, 9.17) is 0 Å². The first-order valence-corrected chi connectivity index (χ1v) is 5.26. The lowest BCUT2D eigenvalue weighted by molar-refractivity contribution is 1.34. The van der Waals surface area contributed by atoms with Gasteiger partial charge in [-0.1, -0.05) is 54.6 Å². The van der Waals surface area contributed by atoms with Crippen LogP contribution < -0.4 is 0 Å². The van der Waals surface area contributed by atoms with Gasteiger partial charge in [-0.05, 0) is 11.5 Å². The third-order valence-corrected chi connectivity index (χ3v) is 2.62. The second kappa shape index (κ2) is 3.78. The fourth-order valence-corrected chi connectivity index (χ4v) is 1.78. The van der Waals surface area contributed by atoms with Gasteiger partial charge in [0, 0.05) is 10.9 Å². The summed E-state index contributed by atoms with van der Waals surface area (Å²) in [6.07, 6.45) is 3.07. The topological polar surface area (TPSA) is 12.9 Å². The van der Waals surface area contributed by atoms with Crippen LogP contribution in [0, 0.1) is 6.20 Å². The third kappa shape index (κ3) is 1.57. The predicted octanol–water partition coefficient (Wildman–Crippen LogP) is 3.70. The summed E-state index contributed by atoms with van der Waals surface area (Å²) in [6.45, 7) is 0. The van der Waals surface area contributed by atoms with Gasteiger partial charge in [-0.25, -0.2) is 4.98 Å². The van der Waals surface area contributed by atoms with Crippen molar-refractivity contribution in [1.82, 2.24) is 4.98 Å². The summed E-state index contributed by atoms with van der Waals surface area (Å²) < 4.78 is 0.